The third kappa shape index (κ3) is 6.84. The number of carbonyl (C=O) groups is 2. The van der Waals surface area contributed by atoms with Gasteiger partial charge in [-0.25, -0.2) is 9.48 Å². The van der Waals surface area contributed by atoms with Crippen molar-refractivity contribution in [3.8, 4) is 11.8 Å². The molecule has 0 atom stereocenters. The highest BCUT2D eigenvalue weighted by atomic mass is 35.5. The fraction of sp³-hybridized carbons (Fsp3) is 0.308. The van der Waals surface area contributed by atoms with Crippen molar-refractivity contribution in [3.63, 3.8) is 0 Å². The van der Waals surface area contributed by atoms with E-state index in [2.05, 4.69) is 10.6 Å². The van der Waals surface area contributed by atoms with Gasteiger partial charge in [0.15, 0.2) is 0 Å². The first-order chi connectivity index (χ1) is 16.6. The Morgan fingerprint density at radius 2 is 1.74 bits per heavy atom. The van der Waals surface area contributed by atoms with Crippen LogP contribution in [0.1, 0.15) is 45.4 Å². The van der Waals surface area contributed by atoms with Crippen molar-refractivity contribution >= 4 is 35.0 Å². The molecule has 0 unspecified atom stereocenters. The molecular formula is C26H29ClN6O2. The smallest absolute Gasteiger partial charge is 0.315 e. The van der Waals surface area contributed by atoms with Gasteiger partial charge in [0.05, 0.1) is 23.0 Å². The fourth-order valence-corrected chi connectivity index (χ4v) is 3.45. The van der Waals surface area contributed by atoms with Crippen LogP contribution in [0.15, 0.2) is 54.6 Å². The van der Waals surface area contributed by atoms with Crippen molar-refractivity contribution in [2.45, 2.75) is 39.5 Å². The molecule has 0 aliphatic rings. The Morgan fingerprint density at radius 1 is 1.09 bits per heavy atom. The van der Waals surface area contributed by atoms with E-state index in [0.717, 1.165) is 11.4 Å². The number of nitrogens with zero attached hydrogens (tertiary/aromatic N) is 4. The van der Waals surface area contributed by atoms with Crippen LogP contribution in [0.5, 0.6) is 0 Å². The summed E-state index contributed by atoms with van der Waals surface area (Å²) in [7, 11) is 0. The number of anilines is 2. The van der Waals surface area contributed by atoms with Crippen LogP contribution in [-0.4, -0.2) is 39.7 Å². The van der Waals surface area contributed by atoms with E-state index >= 15 is 0 Å². The van der Waals surface area contributed by atoms with E-state index < -0.39 is 6.03 Å². The first kappa shape index (κ1) is 25.8. The fourth-order valence-electron chi connectivity index (χ4n) is 3.32. The topological polar surface area (TPSA) is 103 Å². The lowest BCUT2D eigenvalue weighted by molar-refractivity contribution is -0.116. The van der Waals surface area contributed by atoms with Gasteiger partial charge in [0.1, 0.15) is 12.4 Å². The summed E-state index contributed by atoms with van der Waals surface area (Å²) >= 11 is 6.03. The summed E-state index contributed by atoms with van der Waals surface area (Å²) in [6.45, 7) is 8.34. The number of nitrogens with one attached hydrogen (secondary N) is 2. The number of hydrogen-bond donors (Lipinski definition) is 2. The number of carbonyl (C=O) groups excluding carboxylic acids is 2. The van der Waals surface area contributed by atoms with Gasteiger partial charge in [-0.1, -0.05) is 39.3 Å². The van der Waals surface area contributed by atoms with Gasteiger partial charge in [0.2, 0.25) is 5.91 Å². The Labute approximate surface area is 210 Å². The first-order valence-electron chi connectivity index (χ1n) is 11.3. The number of amides is 3. The van der Waals surface area contributed by atoms with E-state index in [-0.39, 0.29) is 17.9 Å². The zero-order valence-corrected chi connectivity index (χ0v) is 21.1. The van der Waals surface area contributed by atoms with Crippen molar-refractivity contribution in [1.29, 1.82) is 5.26 Å². The van der Waals surface area contributed by atoms with Crippen LogP contribution >= 0.6 is 11.6 Å². The summed E-state index contributed by atoms with van der Waals surface area (Å²) in [6, 6.07) is 17.2. The molecule has 2 aromatic carbocycles. The van der Waals surface area contributed by atoms with Gasteiger partial charge in [-0.2, -0.15) is 10.4 Å². The lowest BCUT2D eigenvalue weighted by Crippen LogP contribution is -2.41. The van der Waals surface area contributed by atoms with Crippen LogP contribution < -0.4 is 10.6 Å². The molecule has 0 bridgehead atoms. The Balaban J connectivity index is 1.77. The molecule has 182 valence electrons. The predicted molar refractivity (Wildman–Crippen MR) is 138 cm³/mol. The highest BCUT2D eigenvalue weighted by Gasteiger charge is 2.23. The molecular weight excluding hydrogens is 464 g/mol. The third-order valence-electron chi connectivity index (χ3n) is 5.20. The van der Waals surface area contributed by atoms with Gasteiger partial charge >= 0.3 is 6.03 Å². The molecule has 3 rings (SSSR count). The van der Waals surface area contributed by atoms with Crippen LogP contribution in [0.3, 0.4) is 0 Å². The zero-order chi connectivity index (χ0) is 25.6. The van der Waals surface area contributed by atoms with Crippen molar-refractivity contribution in [1.82, 2.24) is 14.7 Å². The number of hydrogen-bond acceptors (Lipinski definition) is 4. The van der Waals surface area contributed by atoms with Crippen LogP contribution in [-0.2, 0) is 10.2 Å². The van der Waals surface area contributed by atoms with Crippen molar-refractivity contribution in [2.75, 3.05) is 23.7 Å². The van der Waals surface area contributed by atoms with Gasteiger partial charge in [0, 0.05) is 28.7 Å². The van der Waals surface area contributed by atoms with Crippen LogP contribution in [0.2, 0.25) is 5.02 Å². The SMILES string of the molecule is CCCN(CC(=O)Nc1cc(C(C)(C)C)nn1-c1ccc(Cl)cc1)C(=O)Nc1ccc(C#N)cc1. The number of aromatic nitrogens is 2. The molecule has 2 N–H and O–H groups in total. The van der Waals surface area contributed by atoms with Gasteiger partial charge in [-0.05, 0) is 55.0 Å². The van der Waals surface area contributed by atoms with E-state index in [1.807, 2.05) is 52.0 Å². The Kier molecular flexibility index (Phi) is 8.15. The molecule has 0 fully saturated rings. The van der Waals surface area contributed by atoms with Crippen molar-refractivity contribution in [3.05, 3.63) is 70.9 Å². The Hall–Kier alpha value is -3.83. The second-order valence-electron chi connectivity index (χ2n) is 9.14. The molecule has 1 heterocycles. The summed E-state index contributed by atoms with van der Waals surface area (Å²) in [4.78, 5) is 27.3. The summed E-state index contributed by atoms with van der Waals surface area (Å²) < 4.78 is 1.66. The maximum Gasteiger partial charge on any atom is 0.322 e. The Bertz CT molecular complexity index is 1220. The lowest BCUT2D eigenvalue weighted by Gasteiger charge is -2.22. The molecule has 3 aromatic rings. The van der Waals surface area contributed by atoms with Crippen LogP contribution in [0.25, 0.3) is 5.69 Å². The maximum atomic E-state index is 13.0. The van der Waals surface area contributed by atoms with Crippen LogP contribution in [0, 0.1) is 11.3 Å². The molecule has 0 aliphatic heterocycles. The molecule has 1 aromatic heterocycles. The van der Waals surface area contributed by atoms with Gasteiger partial charge in [-0.3, -0.25) is 4.79 Å². The van der Waals surface area contributed by atoms with E-state index in [9.17, 15) is 9.59 Å². The summed E-state index contributed by atoms with van der Waals surface area (Å²) in [5, 5.41) is 19.9. The molecule has 0 saturated heterocycles. The van der Waals surface area contributed by atoms with E-state index in [0.29, 0.717) is 35.1 Å². The maximum absolute atomic E-state index is 13.0. The quantitative estimate of drug-likeness (QED) is 0.449. The average Bonchev–Trinajstić information content (AvgIpc) is 3.24. The number of halogens is 1. The monoisotopic (exact) mass is 492 g/mol. The molecule has 0 aliphatic carbocycles. The second-order valence-corrected chi connectivity index (χ2v) is 9.58. The average molecular weight is 493 g/mol. The number of benzene rings is 2. The van der Waals surface area contributed by atoms with Crippen molar-refractivity contribution < 1.29 is 9.59 Å². The van der Waals surface area contributed by atoms with Gasteiger partial charge < -0.3 is 15.5 Å². The molecule has 0 radical (unpaired) electrons. The highest BCUT2D eigenvalue weighted by Crippen LogP contribution is 2.27. The molecule has 0 saturated carbocycles. The number of nitriles is 1. The summed E-state index contributed by atoms with van der Waals surface area (Å²) in [6.07, 6.45) is 0.685. The molecule has 35 heavy (non-hydrogen) atoms. The minimum absolute atomic E-state index is 0.132. The second kappa shape index (κ2) is 11.1. The van der Waals surface area contributed by atoms with E-state index in [4.69, 9.17) is 22.0 Å². The van der Waals surface area contributed by atoms with E-state index in [1.165, 1.54) is 4.90 Å². The first-order valence-corrected chi connectivity index (χ1v) is 11.7. The lowest BCUT2D eigenvalue weighted by atomic mass is 9.92. The minimum atomic E-state index is -0.395. The number of rotatable bonds is 7. The minimum Gasteiger partial charge on any atom is -0.315 e. The molecule has 9 heteroatoms. The highest BCUT2D eigenvalue weighted by molar-refractivity contribution is 6.30. The molecule has 0 spiro atoms. The zero-order valence-electron chi connectivity index (χ0n) is 20.3. The normalized spacial score (nSPS) is 11.0. The Morgan fingerprint density at radius 3 is 2.31 bits per heavy atom. The third-order valence-corrected chi connectivity index (χ3v) is 5.45. The number of urea groups is 1. The predicted octanol–water partition coefficient (Wildman–Crippen LogP) is 5.58. The molecule has 3 amide bonds. The summed E-state index contributed by atoms with van der Waals surface area (Å²) in [5.41, 5.74) is 2.38. The van der Waals surface area contributed by atoms with Crippen LogP contribution in [0.4, 0.5) is 16.3 Å². The van der Waals surface area contributed by atoms with E-state index in [1.54, 1.807) is 41.1 Å². The standard InChI is InChI=1S/C26H29ClN6O2/c1-5-14-32(25(35)29-20-10-6-18(16-28)7-11-20)17-24(34)30-23-15-22(26(2,3)4)31-33(23)21-12-8-19(27)9-13-21/h6-13,15H,5,14,17H2,1-4H3,(H,29,35)(H,30,34). The summed E-state index contributed by atoms with van der Waals surface area (Å²) in [5.74, 6) is 0.162. The largest absolute Gasteiger partial charge is 0.322 e. The van der Waals surface area contributed by atoms with Gasteiger partial charge in [0.25, 0.3) is 0 Å². The van der Waals surface area contributed by atoms with Crippen molar-refractivity contribution in [2.24, 2.45) is 0 Å². The van der Waals surface area contributed by atoms with Gasteiger partial charge in [-0.15, -0.1) is 0 Å². The molecule has 8 nitrogen and oxygen atoms in total.